The van der Waals surface area contributed by atoms with Crippen LogP contribution in [0.4, 0.5) is 46.5 Å². The van der Waals surface area contributed by atoms with E-state index in [0.717, 1.165) is 12.1 Å². The second-order valence-electron chi connectivity index (χ2n) is 10.7. The minimum absolute atomic E-state index is 0. The molecule has 6 rings (SSSR count). The summed E-state index contributed by atoms with van der Waals surface area (Å²) in [5.74, 6) is -0.0861. The largest absolute Gasteiger partial charge is 0.373 e. The molecule has 0 unspecified atom stereocenters. The second-order valence-corrected chi connectivity index (χ2v) is 13.5. The van der Waals surface area contributed by atoms with Crippen LogP contribution in [0.1, 0.15) is 11.1 Å². The molecule has 6 aromatic rings. The molecule has 54 heavy (non-hydrogen) atoms. The molecule has 2 aromatic heterocycles. The predicted octanol–water partition coefficient (Wildman–Crippen LogP) is 3.52. The first kappa shape index (κ1) is 42.0. The summed E-state index contributed by atoms with van der Waals surface area (Å²) in [4.78, 5) is 43.7. The topological polar surface area (TPSA) is 274 Å². The maximum Gasteiger partial charge on any atom is 0.373 e. The van der Waals surface area contributed by atoms with E-state index in [2.05, 4.69) is 51.2 Å². The van der Waals surface area contributed by atoms with Gasteiger partial charge in [-0.1, -0.05) is 60.7 Å². The van der Waals surface area contributed by atoms with Gasteiger partial charge in [-0.25, -0.2) is 9.59 Å². The number of nitrogens with zero attached hydrogens (tertiary/aromatic N) is 4. The summed E-state index contributed by atoms with van der Waals surface area (Å²) >= 11 is 0. The number of aromatic nitrogens is 6. The molecule has 0 saturated carbocycles. The molecule has 4 aromatic carbocycles. The average Bonchev–Trinajstić information content (AvgIpc) is 3.07. The first-order chi connectivity index (χ1) is 24.8. The van der Waals surface area contributed by atoms with Crippen LogP contribution < -0.4 is 32.6 Å². The number of hydrogen-bond acceptors (Lipinski definition) is 14. The molecule has 8 N–H and O–H groups in total. The van der Waals surface area contributed by atoms with E-state index in [1.165, 1.54) is 36.4 Å². The molecule has 0 amide bonds. The maximum atomic E-state index is 12.4. The summed E-state index contributed by atoms with van der Waals surface area (Å²) in [7, 11) is -9.70. The Morgan fingerprint density at radius 3 is 1.11 bits per heavy atom. The molecule has 0 aliphatic carbocycles. The SMILES string of the molecule is O=c1nc(Nc2ccccc2)[nH]c(Nc2ccc(C=Cc3ccc(Nc4nc(=O)nc(Nc5ccccc5)[nH]4)cc3S(=O)(=O)O)c(S(=O)(=O)O)c2)n1.[Na].[Na]. The third-order valence-electron chi connectivity index (χ3n) is 6.93. The normalized spacial score (nSPS) is 11.2. The van der Waals surface area contributed by atoms with Gasteiger partial charge in [-0.05, 0) is 59.7 Å². The number of hydrogen-bond donors (Lipinski definition) is 8. The van der Waals surface area contributed by atoms with Crippen molar-refractivity contribution in [2.75, 3.05) is 21.3 Å². The van der Waals surface area contributed by atoms with E-state index in [4.69, 9.17) is 0 Å². The van der Waals surface area contributed by atoms with Crippen LogP contribution in [0.3, 0.4) is 0 Å². The van der Waals surface area contributed by atoms with Crippen molar-refractivity contribution in [3.8, 4) is 0 Å². The summed E-state index contributed by atoms with van der Waals surface area (Å²) in [6.07, 6.45) is 2.42. The predicted molar refractivity (Wildman–Crippen MR) is 204 cm³/mol. The Kier molecular flexibility index (Phi) is 14.0. The van der Waals surface area contributed by atoms with Gasteiger partial charge in [0.1, 0.15) is 9.79 Å². The summed E-state index contributed by atoms with van der Waals surface area (Å²) < 4.78 is 69.6. The average molecular weight is 789 g/mol. The van der Waals surface area contributed by atoms with Crippen molar-refractivity contribution in [1.29, 1.82) is 0 Å². The molecule has 0 fully saturated rings. The van der Waals surface area contributed by atoms with Crippen molar-refractivity contribution in [3.63, 3.8) is 0 Å². The fraction of sp³-hybridized carbons (Fsp3) is 0. The Balaban J connectivity index is 0.00000325. The van der Waals surface area contributed by atoms with Crippen molar-refractivity contribution < 1.29 is 25.9 Å². The van der Waals surface area contributed by atoms with Crippen molar-refractivity contribution in [2.24, 2.45) is 0 Å². The van der Waals surface area contributed by atoms with Crippen LogP contribution in [-0.2, 0) is 20.2 Å². The number of aromatic amines is 2. The van der Waals surface area contributed by atoms with Crippen molar-refractivity contribution >= 4 is 138 Å². The molecular weight excluding hydrogens is 763 g/mol. The Hall–Kier alpha value is -4.74. The van der Waals surface area contributed by atoms with Crippen LogP contribution in [0.2, 0.25) is 0 Å². The zero-order valence-corrected chi connectivity index (χ0v) is 34.0. The summed E-state index contributed by atoms with van der Waals surface area (Å²) in [6.45, 7) is 0. The van der Waals surface area contributed by atoms with Crippen molar-refractivity contribution in [1.82, 2.24) is 29.9 Å². The molecule has 2 radical (unpaired) electrons. The zero-order valence-electron chi connectivity index (χ0n) is 28.3. The third kappa shape index (κ3) is 11.4. The van der Waals surface area contributed by atoms with Gasteiger partial charge < -0.3 is 21.3 Å². The minimum atomic E-state index is -4.85. The molecule has 0 aliphatic rings. The smallest absolute Gasteiger partial charge is 0.326 e. The fourth-order valence-corrected chi connectivity index (χ4v) is 6.14. The molecule has 0 saturated heterocycles. The van der Waals surface area contributed by atoms with Crippen LogP contribution in [0.5, 0.6) is 0 Å². The van der Waals surface area contributed by atoms with Gasteiger partial charge in [0.2, 0.25) is 23.8 Å². The van der Waals surface area contributed by atoms with E-state index in [9.17, 15) is 35.5 Å². The van der Waals surface area contributed by atoms with Gasteiger partial charge in [0, 0.05) is 81.9 Å². The minimum Gasteiger partial charge on any atom is -0.326 e. The summed E-state index contributed by atoms with van der Waals surface area (Å²) in [5, 5.41) is 11.3. The van der Waals surface area contributed by atoms with Gasteiger partial charge in [-0.3, -0.25) is 19.1 Å². The van der Waals surface area contributed by atoms with Gasteiger partial charge in [-0.15, -0.1) is 0 Å². The van der Waals surface area contributed by atoms with Crippen LogP contribution in [0, 0.1) is 0 Å². The van der Waals surface area contributed by atoms with Crippen LogP contribution in [0.25, 0.3) is 12.2 Å². The number of nitrogens with one attached hydrogen (secondary N) is 6. The van der Waals surface area contributed by atoms with E-state index in [1.807, 2.05) is 12.1 Å². The Morgan fingerprint density at radius 2 is 0.796 bits per heavy atom. The number of para-hydroxylation sites is 2. The number of rotatable bonds is 12. The van der Waals surface area contributed by atoms with E-state index >= 15 is 0 Å². The molecule has 2 heterocycles. The first-order valence-corrected chi connectivity index (χ1v) is 17.7. The van der Waals surface area contributed by atoms with E-state index in [1.54, 1.807) is 48.5 Å². The molecule has 0 atom stereocenters. The quantitative estimate of drug-likeness (QED) is 0.0500. The standard InChI is InChI=1S/C32H26N10O8S2.2Na/c43-31-39-27(33-21-7-3-1-4-8-21)37-29(41-31)35-23-15-13-19(25(17-23)51(45,46)47)11-12-20-14-16-24(18-26(20)52(48,49)50)36-30-38-28(40-32(44)42-30)34-22-9-5-2-6-10-22;;/h1-18H,(H,45,46,47)(H,48,49,50)(H3,33,35,37,39,41,43)(H3,34,36,38,40,42,44);;. The molecule has 22 heteroatoms. The maximum absolute atomic E-state index is 12.4. The fourth-order valence-electron chi connectivity index (χ4n) is 4.72. The zero-order chi connectivity index (χ0) is 36.9. The molecule has 18 nitrogen and oxygen atoms in total. The van der Waals surface area contributed by atoms with Crippen LogP contribution in [0.15, 0.2) is 116 Å². The Morgan fingerprint density at radius 1 is 0.481 bits per heavy atom. The third-order valence-corrected chi connectivity index (χ3v) is 8.75. The summed E-state index contributed by atoms with van der Waals surface area (Å²) in [5.41, 5.74) is -0.355. The van der Waals surface area contributed by atoms with Crippen molar-refractivity contribution in [2.45, 2.75) is 9.79 Å². The van der Waals surface area contributed by atoms with Gasteiger partial charge in [0.05, 0.1) is 0 Å². The van der Waals surface area contributed by atoms with Crippen LogP contribution >= 0.6 is 0 Å². The number of benzene rings is 4. The number of anilines is 8. The van der Waals surface area contributed by atoms with Crippen LogP contribution in [-0.4, -0.2) is 115 Å². The second kappa shape index (κ2) is 18.1. The Bertz CT molecular complexity index is 2470. The van der Waals surface area contributed by atoms with Crippen molar-refractivity contribution in [3.05, 3.63) is 129 Å². The first-order valence-electron chi connectivity index (χ1n) is 14.8. The molecule has 266 valence electrons. The number of H-pyrrole nitrogens is 2. The molecular formula is C32H26N10Na2O8S2. The molecule has 0 bridgehead atoms. The van der Waals surface area contributed by atoms with Gasteiger partial charge in [0.25, 0.3) is 20.2 Å². The van der Waals surface area contributed by atoms with E-state index in [0.29, 0.717) is 11.4 Å². The Labute approximate surface area is 351 Å². The monoisotopic (exact) mass is 788 g/mol. The van der Waals surface area contributed by atoms with Gasteiger partial charge in [0.15, 0.2) is 0 Å². The molecule has 0 aliphatic heterocycles. The van der Waals surface area contributed by atoms with E-state index < -0.39 is 41.4 Å². The summed E-state index contributed by atoms with van der Waals surface area (Å²) in [6, 6.07) is 25.3. The van der Waals surface area contributed by atoms with Gasteiger partial charge in [-0.2, -0.15) is 36.8 Å². The van der Waals surface area contributed by atoms with E-state index in [-0.39, 0.29) is 105 Å². The molecule has 0 spiro atoms. The van der Waals surface area contributed by atoms with Gasteiger partial charge >= 0.3 is 11.4 Å².